The topological polar surface area (TPSA) is 103 Å². The van der Waals surface area contributed by atoms with Crippen molar-refractivity contribution in [3.63, 3.8) is 0 Å². The molecule has 2 unspecified atom stereocenters. The van der Waals surface area contributed by atoms with Gasteiger partial charge in [0.25, 0.3) is 0 Å². The van der Waals surface area contributed by atoms with Crippen molar-refractivity contribution in [1.29, 1.82) is 0 Å². The number of fused-ring (bicyclic) bond motifs is 1. The summed E-state index contributed by atoms with van der Waals surface area (Å²) in [5, 5.41) is 14.5. The van der Waals surface area contributed by atoms with Gasteiger partial charge in [0, 0.05) is 17.6 Å². The van der Waals surface area contributed by atoms with E-state index in [9.17, 15) is 14.7 Å². The van der Waals surface area contributed by atoms with Gasteiger partial charge >= 0.3 is 17.7 Å². The Morgan fingerprint density at radius 2 is 1.49 bits per heavy atom. The molecule has 0 spiro atoms. The lowest BCUT2D eigenvalue weighted by atomic mass is 9.87. The van der Waals surface area contributed by atoms with Crippen molar-refractivity contribution in [3.05, 3.63) is 58.6 Å². The first-order chi connectivity index (χ1) is 21.8. The van der Waals surface area contributed by atoms with Gasteiger partial charge in [-0.05, 0) is 73.4 Å². The molecule has 0 radical (unpaired) electrons. The number of aliphatic hydroxyl groups is 1. The van der Waals surface area contributed by atoms with E-state index in [-0.39, 0.29) is 19.3 Å². The summed E-state index contributed by atoms with van der Waals surface area (Å²) < 4.78 is 23.3. The number of halogens is 1. The van der Waals surface area contributed by atoms with Crippen LogP contribution in [-0.4, -0.2) is 48.6 Å². The van der Waals surface area contributed by atoms with Crippen LogP contribution < -0.4 is 14.8 Å². The Kier molecular flexibility index (Phi) is 12.0. The van der Waals surface area contributed by atoms with E-state index < -0.39 is 23.8 Å². The van der Waals surface area contributed by atoms with Gasteiger partial charge in [0.15, 0.2) is 11.5 Å². The number of carbonyl (C=O) groups excluding carboxylic acids is 2. The molecule has 2 saturated carbocycles. The van der Waals surface area contributed by atoms with E-state index in [4.69, 9.17) is 30.5 Å². The number of rotatable bonds is 14. The van der Waals surface area contributed by atoms with E-state index >= 15 is 0 Å². The molecule has 246 valence electrons. The van der Waals surface area contributed by atoms with Crippen LogP contribution in [-0.2, 0) is 25.5 Å². The fraction of sp³-hybridized carbons (Fsp3) is 0.611. The maximum absolute atomic E-state index is 13.5. The Bertz CT molecular complexity index is 1240. The third kappa shape index (κ3) is 9.14. The minimum Gasteiger partial charge on any atom is -0.459 e. The van der Waals surface area contributed by atoms with Gasteiger partial charge in [0.1, 0.15) is 0 Å². The summed E-state index contributed by atoms with van der Waals surface area (Å²) >= 11 is 6.07. The minimum atomic E-state index is -2.31. The van der Waals surface area contributed by atoms with Crippen molar-refractivity contribution in [1.82, 2.24) is 5.32 Å². The summed E-state index contributed by atoms with van der Waals surface area (Å²) in [7, 11) is 0. The molecule has 2 N–H and O–H groups in total. The van der Waals surface area contributed by atoms with Gasteiger partial charge in [-0.15, -0.1) is 0 Å². The van der Waals surface area contributed by atoms with Crippen molar-refractivity contribution >= 4 is 23.5 Å². The molecule has 0 amide bonds. The lowest BCUT2D eigenvalue weighted by Crippen LogP contribution is -2.56. The first-order valence-electron chi connectivity index (χ1n) is 16.8. The maximum Gasteiger partial charge on any atom is 0.453 e. The molecular weight excluding hydrogens is 594 g/mol. The third-order valence-corrected chi connectivity index (χ3v) is 9.69. The molecule has 1 heterocycles. The predicted molar refractivity (Wildman–Crippen MR) is 172 cm³/mol. The second-order valence-corrected chi connectivity index (χ2v) is 13.5. The molecule has 2 aromatic rings. The first-order valence-corrected chi connectivity index (χ1v) is 17.2. The Morgan fingerprint density at radius 3 is 2.09 bits per heavy atom. The van der Waals surface area contributed by atoms with Crippen LogP contribution in [0.1, 0.15) is 101 Å². The SMILES string of the molecule is CC(Cc1ccc2c(c1)OC(C(=O)OCCC1CCCCC1)(C(=O)OCCC1CCCCC1)O2)NCC(O)c1cccc(Cl)c1. The summed E-state index contributed by atoms with van der Waals surface area (Å²) in [4.78, 5) is 27.0. The number of benzene rings is 2. The van der Waals surface area contributed by atoms with E-state index in [0.29, 0.717) is 41.3 Å². The fourth-order valence-corrected chi connectivity index (χ4v) is 6.97. The van der Waals surface area contributed by atoms with Gasteiger partial charge in [-0.1, -0.05) is 94.0 Å². The lowest BCUT2D eigenvalue weighted by Gasteiger charge is -2.25. The monoisotopic (exact) mass is 641 g/mol. The van der Waals surface area contributed by atoms with Crippen molar-refractivity contribution in [2.24, 2.45) is 11.8 Å². The molecular formula is C36H48ClNO7. The number of nitrogens with one attached hydrogen (secondary N) is 1. The highest BCUT2D eigenvalue weighted by atomic mass is 35.5. The smallest absolute Gasteiger partial charge is 0.453 e. The molecule has 2 aliphatic carbocycles. The summed E-state index contributed by atoms with van der Waals surface area (Å²) in [5.41, 5.74) is 1.67. The molecule has 0 aromatic heterocycles. The maximum atomic E-state index is 13.5. The van der Waals surface area contributed by atoms with Crippen LogP contribution in [0.3, 0.4) is 0 Å². The van der Waals surface area contributed by atoms with Crippen molar-refractivity contribution in [2.75, 3.05) is 19.8 Å². The number of hydrogen-bond donors (Lipinski definition) is 2. The Morgan fingerprint density at radius 1 is 0.889 bits per heavy atom. The highest BCUT2D eigenvalue weighted by Gasteiger charge is 2.60. The summed E-state index contributed by atoms with van der Waals surface area (Å²) in [6.45, 7) is 2.79. The van der Waals surface area contributed by atoms with E-state index in [0.717, 1.165) is 49.7 Å². The zero-order valence-electron chi connectivity index (χ0n) is 26.4. The lowest BCUT2D eigenvalue weighted by molar-refractivity contribution is -0.203. The normalized spacial score (nSPS) is 19.5. The average Bonchev–Trinajstić information content (AvgIpc) is 3.45. The van der Waals surface area contributed by atoms with E-state index in [2.05, 4.69) is 5.32 Å². The van der Waals surface area contributed by atoms with Gasteiger partial charge in [0.2, 0.25) is 0 Å². The molecule has 3 aliphatic rings. The molecule has 8 nitrogen and oxygen atoms in total. The number of carbonyl (C=O) groups is 2. The molecule has 2 aromatic carbocycles. The number of esters is 2. The quantitative estimate of drug-likeness (QED) is 0.167. The zero-order chi connectivity index (χ0) is 31.6. The van der Waals surface area contributed by atoms with Crippen LogP contribution >= 0.6 is 11.6 Å². The van der Waals surface area contributed by atoms with Gasteiger partial charge in [0.05, 0.1) is 19.3 Å². The van der Waals surface area contributed by atoms with Gasteiger partial charge in [-0.25, -0.2) is 9.59 Å². The largest absolute Gasteiger partial charge is 0.459 e. The van der Waals surface area contributed by atoms with Crippen LogP contribution in [0.5, 0.6) is 11.5 Å². The molecule has 1 aliphatic heterocycles. The second-order valence-electron chi connectivity index (χ2n) is 13.0. The Hall–Kier alpha value is -2.81. The van der Waals surface area contributed by atoms with Crippen LogP contribution in [0.2, 0.25) is 5.02 Å². The van der Waals surface area contributed by atoms with Crippen molar-refractivity contribution < 1.29 is 33.6 Å². The molecule has 5 rings (SSSR count). The van der Waals surface area contributed by atoms with Gasteiger partial charge in [-0.2, -0.15) is 0 Å². The van der Waals surface area contributed by atoms with Gasteiger partial charge < -0.3 is 29.4 Å². The highest BCUT2D eigenvalue weighted by Crippen LogP contribution is 2.42. The zero-order valence-corrected chi connectivity index (χ0v) is 27.2. The summed E-state index contributed by atoms with van der Waals surface area (Å²) in [6.07, 6.45) is 13.3. The van der Waals surface area contributed by atoms with Crippen LogP contribution in [0, 0.1) is 11.8 Å². The predicted octanol–water partition coefficient (Wildman–Crippen LogP) is 7.09. The number of aliphatic hydroxyl groups excluding tert-OH is 1. The summed E-state index contributed by atoms with van der Waals surface area (Å²) in [6, 6.07) is 12.6. The minimum absolute atomic E-state index is 0.0125. The Balaban J connectivity index is 1.20. The van der Waals surface area contributed by atoms with Crippen LogP contribution in [0.15, 0.2) is 42.5 Å². The summed E-state index contributed by atoms with van der Waals surface area (Å²) in [5.74, 6) is -2.41. The second kappa shape index (κ2) is 16.1. The van der Waals surface area contributed by atoms with Crippen LogP contribution in [0.4, 0.5) is 0 Å². The van der Waals surface area contributed by atoms with Crippen LogP contribution in [0.25, 0.3) is 0 Å². The third-order valence-electron chi connectivity index (χ3n) is 9.46. The fourth-order valence-electron chi connectivity index (χ4n) is 6.77. The first kappa shape index (κ1) is 33.6. The molecule has 9 heteroatoms. The van der Waals surface area contributed by atoms with E-state index in [1.807, 2.05) is 25.1 Å². The number of hydrogen-bond acceptors (Lipinski definition) is 8. The molecule has 2 fully saturated rings. The molecule has 0 bridgehead atoms. The highest BCUT2D eigenvalue weighted by molar-refractivity contribution is 6.30. The van der Waals surface area contributed by atoms with Crippen molar-refractivity contribution in [3.8, 4) is 11.5 Å². The van der Waals surface area contributed by atoms with E-state index in [1.165, 1.54) is 38.5 Å². The van der Waals surface area contributed by atoms with Gasteiger partial charge in [-0.3, -0.25) is 0 Å². The average molecular weight is 642 g/mol. The standard InChI is InChI=1S/C36H48ClNO7/c1-25(38-24-31(39)29-13-8-14-30(37)23-29)21-28-15-16-32-33(22-28)45-36(44-32,34(40)42-19-17-26-9-4-2-5-10-26)35(41)43-20-18-27-11-6-3-7-12-27/h8,13-16,22-23,25-27,31,38-39H,2-7,9-12,17-21,24H2,1H3. The molecule has 45 heavy (non-hydrogen) atoms. The van der Waals surface area contributed by atoms with Crippen molar-refractivity contribution in [2.45, 2.75) is 108 Å². The van der Waals surface area contributed by atoms with E-state index in [1.54, 1.807) is 24.3 Å². The number of ether oxygens (including phenoxy) is 4. The Labute approximate surface area is 272 Å². The molecule has 0 saturated heterocycles. The molecule has 2 atom stereocenters.